The molecule has 23 heavy (non-hydrogen) atoms. The zero-order valence-corrected chi connectivity index (χ0v) is 16.0. The van der Waals surface area contributed by atoms with Gasteiger partial charge in [-0.25, -0.2) is 8.78 Å². The Morgan fingerprint density at radius 2 is 1.91 bits per heavy atom. The van der Waals surface area contributed by atoms with E-state index in [4.69, 9.17) is 4.43 Å². The van der Waals surface area contributed by atoms with Gasteiger partial charge in [0, 0.05) is 11.6 Å². The second kappa shape index (κ2) is 6.61. The first-order chi connectivity index (χ1) is 10.5. The van der Waals surface area contributed by atoms with E-state index in [2.05, 4.69) is 45.3 Å². The van der Waals surface area contributed by atoms with Crippen LogP contribution in [0.2, 0.25) is 18.1 Å². The Morgan fingerprint density at radius 1 is 1.26 bits per heavy atom. The largest absolute Gasteiger partial charge is 0.412 e. The zero-order valence-electron chi connectivity index (χ0n) is 15.0. The van der Waals surface area contributed by atoms with Gasteiger partial charge in [0.1, 0.15) is 11.6 Å². The number of rotatable bonds is 4. The maximum Gasteiger partial charge on any atom is 0.192 e. The molecule has 5 heteroatoms. The van der Waals surface area contributed by atoms with Crippen LogP contribution in [0.15, 0.2) is 18.2 Å². The number of benzene rings is 1. The van der Waals surface area contributed by atoms with Crippen LogP contribution < -0.4 is 0 Å². The molecule has 2 rings (SSSR count). The number of likely N-dealkylation sites (N-methyl/N-ethyl adjacent to an activating group) is 1. The van der Waals surface area contributed by atoms with Crippen LogP contribution in [0.25, 0.3) is 0 Å². The Labute approximate surface area is 140 Å². The van der Waals surface area contributed by atoms with Crippen molar-refractivity contribution >= 4 is 8.32 Å². The van der Waals surface area contributed by atoms with Gasteiger partial charge in [-0.2, -0.15) is 0 Å². The molecule has 1 radical (unpaired) electrons. The molecule has 0 spiro atoms. The number of likely N-dealkylation sites (tertiary alicyclic amines) is 1. The van der Waals surface area contributed by atoms with E-state index < -0.39 is 14.1 Å². The van der Waals surface area contributed by atoms with E-state index in [0.29, 0.717) is 12.0 Å². The van der Waals surface area contributed by atoms with Crippen molar-refractivity contribution in [3.8, 4) is 0 Å². The van der Waals surface area contributed by atoms with Crippen LogP contribution in [0.3, 0.4) is 0 Å². The molecule has 2 nitrogen and oxygen atoms in total. The van der Waals surface area contributed by atoms with Gasteiger partial charge in [-0.1, -0.05) is 27.7 Å². The Kier molecular flexibility index (Phi) is 5.33. The van der Waals surface area contributed by atoms with Crippen LogP contribution in [0.5, 0.6) is 0 Å². The first-order valence-electron chi connectivity index (χ1n) is 8.28. The molecule has 1 aliphatic rings. The third-order valence-electron chi connectivity index (χ3n) is 5.15. The molecular weight excluding hydrogens is 312 g/mol. The minimum atomic E-state index is -1.89. The summed E-state index contributed by atoms with van der Waals surface area (Å²) in [6.07, 6.45) is 0.629. The quantitative estimate of drug-likeness (QED) is 0.691. The first-order valence-corrected chi connectivity index (χ1v) is 11.2. The molecule has 0 N–H and O–H groups in total. The standard InChI is InChI=1S/C18H28F2NOSi/c1-7-21-12-14(22-23(5,6)18(2,3)4)11-17(21)15-10-13(19)8-9-16(15)20/h8-10,12,14,17H,7,11H2,1-6H3/t14-,17?/m1/s1. The molecule has 129 valence electrons. The predicted molar refractivity (Wildman–Crippen MR) is 92.5 cm³/mol. The third kappa shape index (κ3) is 4.01. The SMILES string of the molecule is CCN1[CH][C@H](O[Si](C)(C)C(C)(C)C)CC1c1cc(F)ccc1F. The highest BCUT2D eigenvalue weighted by molar-refractivity contribution is 6.74. The van der Waals surface area contributed by atoms with E-state index in [1.807, 2.05) is 6.92 Å². The van der Waals surface area contributed by atoms with Crippen molar-refractivity contribution < 1.29 is 13.2 Å². The molecule has 1 fully saturated rings. The highest BCUT2D eigenvalue weighted by Crippen LogP contribution is 2.42. The van der Waals surface area contributed by atoms with Crippen molar-refractivity contribution in [3.63, 3.8) is 0 Å². The van der Waals surface area contributed by atoms with E-state index in [-0.39, 0.29) is 23.0 Å². The monoisotopic (exact) mass is 340 g/mol. The topological polar surface area (TPSA) is 12.5 Å². The molecule has 1 aliphatic heterocycles. The van der Waals surface area contributed by atoms with E-state index >= 15 is 0 Å². The van der Waals surface area contributed by atoms with E-state index in [9.17, 15) is 8.78 Å². The number of halogens is 2. The Morgan fingerprint density at radius 3 is 2.48 bits per heavy atom. The lowest BCUT2D eigenvalue weighted by Gasteiger charge is -2.38. The Bertz CT molecular complexity index is 556. The maximum absolute atomic E-state index is 14.1. The third-order valence-corrected chi connectivity index (χ3v) is 9.65. The minimum Gasteiger partial charge on any atom is -0.412 e. The van der Waals surface area contributed by atoms with Crippen molar-refractivity contribution in [1.29, 1.82) is 0 Å². The Balaban J connectivity index is 2.19. The van der Waals surface area contributed by atoms with Crippen LogP contribution in [0.1, 0.15) is 45.7 Å². The van der Waals surface area contributed by atoms with Gasteiger partial charge in [0.15, 0.2) is 8.32 Å². The summed E-state index contributed by atoms with van der Waals surface area (Å²) < 4.78 is 34.1. The lowest BCUT2D eigenvalue weighted by Crippen LogP contribution is -2.43. The summed E-state index contributed by atoms with van der Waals surface area (Å²) in [5.74, 6) is -0.748. The van der Waals surface area contributed by atoms with Crippen molar-refractivity contribution in [3.05, 3.63) is 41.9 Å². The van der Waals surface area contributed by atoms with Gasteiger partial charge in [-0.15, -0.1) is 0 Å². The summed E-state index contributed by atoms with van der Waals surface area (Å²) in [7, 11) is -1.89. The molecule has 0 aliphatic carbocycles. The minimum absolute atomic E-state index is 0.0384. The fraction of sp³-hybridized carbons (Fsp3) is 0.611. The van der Waals surface area contributed by atoms with Crippen LogP contribution >= 0.6 is 0 Å². The number of nitrogens with zero attached hydrogens (tertiary/aromatic N) is 1. The van der Waals surface area contributed by atoms with Crippen LogP contribution in [-0.4, -0.2) is 25.9 Å². The van der Waals surface area contributed by atoms with E-state index in [1.54, 1.807) is 0 Å². The average Bonchev–Trinajstić information content (AvgIpc) is 2.82. The molecule has 1 heterocycles. The molecule has 1 unspecified atom stereocenters. The highest BCUT2D eigenvalue weighted by Gasteiger charge is 2.43. The molecule has 1 saturated heterocycles. The summed E-state index contributed by atoms with van der Waals surface area (Å²) in [6.45, 7) is 15.9. The highest BCUT2D eigenvalue weighted by atomic mass is 28.4. The molecular formula is C18H28F2NOSi. The fourth-order valence-electron chi connectivity index (χ4n) is 2.77. The van der Waals surface area contributed by atoms with Gasteiger partial charge in [0.25, 0.3) is 0 Å². The smallest absolute Gasteiger partial charge is 0.192 e. The van der Waals surface area contributed by atoms with Crippen LogP contribution in [-0.2, 0) is 4.43 Å². The second-order valence-electron chi connectivity index (χ2n) is 7.81. The molecule has 1 aromatic rings. The zero-order chi connectivity index (χ0) is 17.4. The average molecular weight is 341 g/mol. The summed E-state index contributed by atoms with van der Waals surface area (Å²) in [5, 5.41) is 0.125. The van der Waals surface area contributed by atoms with Gasteiger partial charge in [-0.05, 0) is 49.3 Å². The summed E-state index contributed by atoms with van der Waals surface area (Å²) in [5.41, 5.74) is 0.421. The fourth-order valence-corrected chi connectivity index (χ4v) is 4.04. The van der Waals surface area contributed by atoms with Crippen molar-refractivity contribution in [2.75, 3.05) is 6.54 Å². The van der Waals surface area contributed by atoms with Crippen LogP contribution in [0, 0.1) is 18.2 Å². The van der Waals surface area contributed by atoms with Gasteiger partial charge in [0.2, 0.25) is 0 Å². The summed E-state index contributed by atoms with van der Waals surface area (Å²) >= 11 is 0. The van der Waals surface area contributed by atoms with Gasteiger partial charge in [0.05, 0.1) is 12.6 Å². The van der Waals surface area contributed by atoms with E-state index in [1.165, 1.54) is 12.1 Å². The molecule has 0 amide bonds. The normalized spacial score (nSPS) is 23.5. The second-order valence-corrected chi connectivity index (χ2v) is 12.6. The molecule has 1 aromatic carbocycles. The number of hydrogen-bond acceptors (Lipinski definition) is 2. The lowest BCUT2D eigenvalue weighted by atomic mass is 10.0. The summed E-state index contributed by atoms with van der Waals surface area (Å²) in [4.78, 5) is 2.07. The maximum atomic E-state index is 14.1. The van der Waals surface area contributed by atoms with Crippen molar-refractivity contribution in [2.45, 2.75) is 64.4 Å². The van der Waals surface area contributed by atoms with Gasteiger partial charge in [-0.3, -0.25) is 4.90 Å². The van der Waals surface area contributed by atoms with E-state index in [0.717, 1.165) is 12.6 Å². The van der Waals surface area contributed by atoms with Gasteiger partial charge < -0.3 is 4.43 Å². The van der Waals surface area contributed by atoms with Crippen molar-refractivity contribution in [2.24, 2.45) is 0 Å². The number of hydrogen-bond donors (Lipinski definition) is 0. The van der Waals surface area contributed by atoms with Gasteiger partial charge >= 0.3 is 0 Å². The Hall–Kier alpha value is -0.783. The molecule has 0 saturated carbocycles. The lowest BCUT2D eigenvalue weighted by molar-refractivity contribution is 0.211. The first kappa shape index (κ1) is 18.6. The summed E-state index contributed by atoms with van der Waals surface area (Å²) in [6, 6.07) is 3.52. The molecule has 0 aromatic heterocycles. The van der Waals surface area contributed by atoms with Crippen LogP contribution in [0.4, 0.5) is 8.78 Å². The predicted octanol–water partition coefficient (Wildman–Crippen LogP) is 5.28. The molecule has 2 atom stereocenters. The van der Waals surface area contributed by atoms with Crippen molar-refractivity contribution in [1.82, 2.24) is 4.90 Å². The molecule has 0 bridgehead atoms.